The first-order valence-corrected chi connectivity index (χ1v) is 18.2. The van der Waals surface area contributed by atoms with Crippen LogP contribution < -0.4 is 5.32 Å². The predicted molar refractivity (Wildman–Crippen MR) is 175 cm³/mol. The summed E-state index contributed by atoms with van der Waals surface area (Å²) in [6, 6.07) is 14.4. The highest BCUT2D eigenvalue weighted by Gasteiger charge is 2.70. The lowest BCUT2D eigenvalue weighted by atomic mass is 9.72. The second kappa shape index (κ2) is 11.7. The summed E-state index contributed by atoms with van der Waals surface area (Å²) in [5.41, 5.74) is 2.74. The van der Waals surface area contributed by atoms with E-state index in [-0.39, 0.29) is 36.1 Å². The number of nitrogens with one attached hydrogen (secondary N) is 2. The van der Waals surface area contributed by atoms with Crippen molar-refractivity contribution in [3.63, 3.8) is 0 Å². The van der Waals surface area contributed by atoms with Crippen molar-refractivity contribution < 1.29 is 37.2 Å². The van der Waals surface area contributed by atoms with E-state index in [1.807, 2.05) is 30.3 Å². The maximum absolute atomic E-state index is 14.2. The smallest absolute Gasteiger partial charge is 0.280 e. The van der Waals surface area contributed by atoms with E-state index in [4.69, 9.17) is 9.29 Å². The number of benzene rings is 2. The number of likely N-dealkylation sites (N-methyl/N-ethyl adjacent to an activating group) is 1. The van der Waals surface area contributed by atoms with Crippen LogP contribution in [-0.2, 0) is 42.1 Å². The quantitative estimate of drug-likeness (QED) is 0.299. The normalized spacial score (nSPS) is 32.7. The molecule has 1 aliphatic carbocycles. The average molecular weight is 680 g/mol. The molecule has 256 valence electrons. The summed E-state index contributed by atoms with van der Waals surface area (Å²) in [5, 5.41) is 16.2. The lowest BCUT2D eigenvalue weighted by Gasteiger charge is -2.48. The van der Waals surface area contributed by atoms with Crippen molar-refractivity contribution in [3.8, 4) is 0 Å². The van der Waals surface area contributed by atoms with E-state index < -0.39 is 39.7 Å². The van der Waals surface area contributed by atoms with Crippen molar-refractivity contribution in [2.24, 2.45) is 5.92 Å². The summed E-state index contributed by atoms with van der Waals surface area (Å²) >= 11 is 0. The first kappa shape index (κ1) is 32.7. The van der Waals surface area contributed by atoms with Gasteiger partial charge in [-0.05, 0) is 62.4 Å². The second-order valence-electron chi connectivity index (χ2n) is 13.9. The molecule has 48 heavy (non-hydrogen) atoms. The number of aliphatic hydroxyl groups is 1. The number of carbonyl (C=O) groups excluding carboxylic acids is 3. The largest absolute Gasteiger partial charge is 0.361 e. The van der Waals surface area contributed by atoms with Crippen LogP contribution in [0.5, 0.6) is 0 Å². The van der Waals surface area contributed by atoms with Crippen LogP contribution in [-0.4, -0.2) is 112 Å². The summed E-state index contributed by atoms with van der Waals surface area (Å²) in [4.78, 5) is 50.4. The van der Waals surface area contributed by atoms with E-state index in [9.17, 15) is 27.9 Å². The summed E-state index contributed by atoms with van der Waals surface area (Å²) in [7, 11) is -1.61. The number of hydrogen-bond donors (Lipinski definition) is 4. The van der Waals surface area contributed by atoms with Crippen LogP contribution in [0.1, 0.15) is 48.8 Å². The molecule has 14 heteroatoms. The Morgan fingerprint density at radius 2 is 1.88 bits per heavy atom. The van der Waals surface area contributed by atoms with Gasteiger partial charge in [0.25, 0.3) is 21.9 Å². The first-order valence-electron chi connectivity index (χ1n) is 16.3. The molecule has 5 heterocycles. The van der Waals surface area contributed by atoms with Gasteiger partial charge in [-0.1, -0.05) is 42.5 Å². The SMILES string of the molecule is CN1CC(C(=O)N[C@]2(C)O[C@@]3(O)C4CCCN4C(=O)C(Cc4ccccc4)N3C2=O)CC2c3cccc4[nH]cc(c34)CC21.CS(=O)(=O)O. The number of piperidine rings is 1. The number of nitrogens with zero attached hydrogens (tertiary/aromatic N) is 3. The molecule has 4 saturated heterocycles. The van der Waals surface area contributed by atoms with Crippen LogP contribution >= 0.6 is 0 Å². The predicted octanol–water partition coefficient (Wildman–Crippen LogP) is 1.59. The molecule has 13 nitrogen and oxygen atoms in total. The van der Waals surface area contributed by atoms with Crippen molar-refractivity contribution >= 4 is 38.7 Å². The molecular formula is C34H41N5O8S. The van der Waals surface area contributed by atoms with Gasteiger partial charge in [-0.25, -0.2) is 0 Å². The zero-order valence-electron chi connectivity index (χ0n) is 27.1. The number of hydrogen-bond acceptors (Lipinski definition) is 8. The Morgan fingerprint density at radius 1 is 1.15 bits per heavy atom. The summed E-state index contributed by atoms with van der Waals surface area (Å²) in [6.45, 7) is 2.56. The number of aromatic amines is 1. The molecular weight excluding hydrogens is 638 g/mol. The lowest BCUT2D eigenvalue weighted by Crippen LogP contribution is -2.71. The van der Waals surface area contributed by atoms with E-state index in [1.54, 1.807) is 4.90 Å². The molecule has 4 N–H and O–H groups in total. The number of rotatable bonds is 4. The van der Waals surface area contributed by atoms with E-state index >= 15 is 0 Å². The van der Waals surface area contributed by atoms with Gasteiger partial charge in [0.1, 0.15) is 12.1 Å². The van der Waals surface area contributed by atoms with Gasteiger partial charge < -0.3 is 25.2 Å². The molecule has 8 rings (SSSR count). The third kappa shape index (κ3) is 5.49. The Hall–Kier alpha value is -3.82. The van der Waals surface area contributed by atoms with Crippen molar-refractivity contribution in [2.75, 3.05) is 26.4 Å². The standard InChI is InChI=1S/C33H37N5O5.CH4O3S/c1-32(35-29(39)21-15-23-22-10-6-11-24-28(22)20(17-34-24)16-25(23)36(2)18-21)31(41)38-26(14-19-8-4-3-5-9-19)30(40)37-13-7-12-27(37)33(38,42)43-32;1-5(2,3)4/h3-6,8-11,17,21,23,25-27,34,42H,7,12-16,18H2,1-2H3,(H,35,39);1H3,(H,2,3,4)/t21?,23?,25?,26?,27?,32-,33+;/m1./s1. The van der Waals surface area contributed by atoms with E-state index in [0.717, 1.165) is 17.5 Å². The highest BCUT2D eigenvalue weighted by Crippen LogP contribution is 2.47. The Kier molecular flexibility index (Phi) is 7.94. The molecule has 4 fully saturated rings. The Balaban J connectivity index is 0.000000681. The number of ether oxygens (including phenoxy) is 1. The average Bonchev–Trinajstić information content (AvgIpc) is 3.73. The van der Waals surface area contributed by atoms with Crippen LogP contribution in [0.2, 0.25) is 0 Å². The highest BCUT2D eigenvalue weighted by atomic mass is 32.2. The monoisotopic (exact) mass is 679 g/mol. The van der Waals surface area contributed by atoms with Crippen molar-refractivity contribution in [1.82, 2.24) is 25.0 Å². The van der Waals surface area contributed by atoms with Gasteiger partial charge in [0.2, 0.25) is 17.5 Å². The molecule has 0 spiro atoms. The van der Waals surface area contributed by atoms with Gasteiger partial charge in [-0.15, -0.1) is 0 Å². The molecule has 2 aromatic carbocycles. The number of carbonyl (C=O) groups is 3. The molecule has 4 aliphatic heterocycles. The van der Waals surface area contributed by atoms with Gasteiger partial charge in [0, 0.05) is 48.6 Å². The molecule has 0 bridgehead atoms. The van der Waals surface area contributed by atoms with Crippen molar-refractivity contribution in [1.29, 1.82) is 0 Å². The summed E-state index contributed by atoms with van der Waals surface area (Å²) in [6.07, 6.45) is 5.84. The van der Waals surface area contributed by atoms with E-state index in [1.165, 1.54) is 28.3 Å². The topological polar surface area (TPSA) is 173 Å². The zero-order valence-corrected chi connectivity index (χ0v) is 27.9. The molecule has 1 aromatic heterocycles. The first-order chi connectivity index (χ1) is 22.7. The molecule has 0 saturated carbocycles. The molecule has 3 amide bonds. The minimum absolute atomic E-state index is 0.171. The summed E-state index contributed by atoms with van der Waals surface area (Å²) < 4.78 is 32.1. The van der Waals surface area contributed by atoms with E-state index in [2.05, 4.69) is 46.6 Å². The lowest BCUT2D eigenvalue weighted by molar-refractivity contribution is -0.315. The number of fused-ring (bicyclic) bond motifs is 5. The molecule has 5 unspecified atom stereocenters. The number of likely N-dealkylation sites (tertiary alicyclic amines) is 1. The van der Waals surface area contributed by atoms with Crippen LogP contribution in [0.3, 0.4) is 0 Å². The van der Waals surface area contributed by atoms with Crippen LogP contribution in [0.25, 0.3) is 10.9 Å². The van der Waals surface area contributed by atoms with Gasteiger partial charge in [-0.2, -0.15) is 8.42 Å². The highest BCUT2D eigenvalue weighted by molar-refractivity contribution is 7.85. The van der Waals surface area contributed by atoms with Crippen molar-refractivity contribution in [2.45, 2.75) is 74.7 Å². The number of aromatic nitrogens is 1. The Bertz CT molecular complexity index is 1880. The Labute approximate surface area is 279 Å². The van der Waals surface area contributed by atoms with Crippen molar-refractivity contribution in [3.05, 3.63) is 71.4 Å². The second-order valence-corrected chi connectivity index (χ2v) is 15.4. The summed E-state index contributed by atoms with van der Waals surface area (Å²) in [5.74, 6) is -3.31. The third-order valence-electron chi connectivity index (χ3n) is 10.6. The fourth-order valence-electron chi connectivity index (χ4n) is 8.65. The van der Waals surface area contributed by atoms with Gasteiger partial charge in [0.15, 0.2) is 0 Å². The van der Waals surface area contributed by atoms with Gasteiger partial charge in [-0.3, -0.25) is 28.6 Å². The number of H-pyrrole nitrogens is 1. The van der Waals surface area contributed by atoms with Crippen LogP contribution in [0.15, 0.2) is 54.7 Å². The molecule has 0 radical (unpaired) electrons. The maximum atomic E-state index is 14.2. The fourth-order valence-corrected chi connectivity index (χ4v) is 8.65. The fraction of sp³-hybridized carbons (Fsp3) is 0.500. The number of amides is 3. The molecule has 3 aromatic rings. The molecule has 7 atom stereocenters. The van der Waals surface area contributed by atoms with Crippen LogP contribution in [0.4, 0.5) is 0 Å². The van der Waals surface area contributed by atoms with E-state index in [0.29, 0.717) is 38.6 Å². The zero-order chi connectivity index (χ0) is 34.2. The molecule has 5 aliphatic rings. The minimum Gasteiger partial charge on any atom is -0.361 e. The van der Waals surface area contributed by atoms with Gasteiger partial charge in [0.05, 0.1) is 12.2 Å². The third-order valence-corrected chi connectivity index (χ3v) is 10.6. The minimum atomic E-state index is -3.67. The van der Waals surface area contributed by atoms with Crippen LogP contribution in [0, 0.1) is 5.92 Å². The van der Waals surface area contributed by atoms with Gasteiger partial charge >= 0.3 is 0 Å². The maximum Gasteiger partial charge on any atom is 0.280 e. The Morgan fingerprint density at radius 3 is 2.60 bits per heavy atom. The number of piperazine rings is 1.